The van der Waals surface area contributed by atoms with Crippen molar-refractivity contribution in [2.24, 2.45) is 11.5 Å². The van der Waals surface area contributed by atoms with Crippen molar-refractivity contribution in [2.45, 2.75) is 13.0 Å². The van der Waals surface area contributed by atoms with Gasteiger partial charge in [0.25, 0.3) is 0 Å². The first-order valence-electron chi connectivity index (χ1n) is 6.85. The highest BCUT2D eigenvalue weighted by molar-refractivity contribution is 5.86. The minimum Gasteiger partial charge on any atom is -0.493 e. The van der Waals surface area contributed by atoms with Gasteiger partial charge in [0, 0.05) is 12.0 Å². The van der Waals surface area contributed by atoms with Gasteiger partial charge < -0.3 is 25.7 Å². The Kier molecular flexibility index (Phi) is 7.19. The molecule has 0 radical (unpaired) electrons. The number of esters is 2. The van der Waals surface area contributed by atoms with E-state index in [1.807, 2.05) is 0 Å². The molecule has 0 fully saturated rings. The third kappa shape index (κ3) is 6.56. The van der Waals surface area contributed by atoms with Gasteiger partial charge in [0.1, 0.15) is 23.8 Å². The van der Waals surface area contributed by atoms with Crippen LogP contribution in [0.15, 0.2) is 48.8 Å². The van der Waals surface area contributed by atoms with Gasteiger partial charge in [0.2, 0.25) is 0 Å². The van der Waals surface area contributed by atoms with Gasteiger partial charge in [-0.3, -0.25) is 0 Å². The lowest BCUT2D eigenvalue weighted by molar-refractivity contribution is -0.140. The average molecular weight is 320 g/mol. The lowest BCUT2D eigenvalue weighted by Gasteiger charge is -2.12. The van der Waals surface area contributed by atoms with Crippen LogP contribution < -0.4 is 16.2 Å². The standard InChI is InChI=1S/C16H20N2O5/c1-11(17)15(19)22-9-5-8-21-14-7-4-3-6-13(14)10-23-16(20)12(2)18/h3-4,6-7H,1-2,5,8-10,17-18H2. The number of para-hydroxylation sites is 1. The summed E-state index contributed by atoms with van der Waals surface area (Å²) in [6, 6.07) is 7.09. The van der Waals surface area contributed by atoms with Crippen LogP contribution in [-0.2, 0) is 25.7 Å². The van der Waals surface area contributed by atoms with Crippen LogP contribution in [0.2, 0.25) is 0 Å². The first-order valence-corrected chi connectivity index (χ1v) is 6.85. The fourth-order valence-corrected chi connectivity index (χ4v) is 1.50. The molecule has 0 amide bonds. The third-order valence-corrected chi connectivity index (χ3v) is 2.64. The molecule has 0 spiro atoms. The lowest BCUT2D eigenvalue weighted by Crippen LogP contribution is -2.15. The summed E-state index contributed by atoms with van der Waals surface area (Å²) in [5.74, 6) is -0.745. The molecule has 4 N–H and O–H groups in total. The molecule has 1 rings (SSSR count). The molecule has 0 saturated heterocycles. The van der Waals surface area contributed by atoms with E-state index in [1.54, 1.807) is 24.3 Å². The average Bonchev–Trinajstić information content (AvgIpc) is 2.52. The number of rotatable bonds is 9. The van der Waals surface area contributed by atoms with E-state index in [9.17, 15) is 9.59 Å². The summed E-state index contributed by atoms with van der Waals surface area (Å²) in [7, 11) is 0. The van der Waals surface area contributed by atoms with Crippen LogP contribution in [0.5, 0.6) is 5.75 Å². The van der Waals surface area contributed by atoms with Crippen molar-refractivity contribution in [3.05, 3.63) is 54.4 Å². The third-order valence-electron chi connectivity index (χ3n) is 2.64. The maximum Gasteiger partial charge on any atom is 0.353 e. The molecule has 0 aromatic heterocycles. The zero-order valence-corrected chi connectivity index (χ0v) is 12.7. The Bertz CT molecular complexity index is 598. The number of hydrogen-bond donors (Lipinski definition) is 2. The Morgan fingerprint density at radius 2 is 1.57 bits per heavy atom. The molecule has 0 aliphatic heterocycles. The normalized spacial score (nSPS) is 9.74. The summed E-state index contributed by atoms with van der Waals surface area (Å²) >= 11 is 0. The van der Waals surface area contributed by atoms with Gasteiger partial charge in [-0.2, -0.15) is 0 Å². The van der Waals surface area contributed by atoms with Gasteiger partial charge in [-0.1, -0.05) is 31.4 Å². The van der Waals surface area contributed by atoms with Crippen LogP contribution in [0.1, 0.15) is 12.0 Å². The second-order valence-corrected chi connectivity index (χ2v) is 4.57. The van der Waals surface area contributed by atoms with Crippen LogP contribution in [0.25, 0.3) is 0 Å². The summed E-state index contributed by atoms with van der Waals surface area (Å²) < 4.78 is 15.4. The van der Waals surface area contributed by atoms with E-state index in [2.05, 4.69) is 13.2 Å². The summed E-state index contributed by atoms with van der Waals surface area (Å²) in [5, 5.41) is 0. The largest absolute Gasteiger partial charge is 0.493 e. The van der Waals surface area contributed by atoms with E-state index in [1.165, 1.54) is 0 Å². The highest BCUT2D eigenvalue weighted by Crippen LogP contribution is 2.19. The van der Waals surface area contributed by atoms with Crippen molar-refractivity contribution in [3.63, 3.8) is 0 Å². The van der Waals surface area contributed by atoms with Crippen molar-refractivity contribution in [2.75, 3.05) is 13.2 Å². The zero-order chi connectivity index (χ0) is 17.2. The van der Waals surface area contributed by atoms with Gasteiger partial charge in [0.05, 0.1) is 13.2 Å². The van der Waals surface area contributed by atoms with Gasteiger partial charge in [-0.15, -0.1) is 0 Å². The summed E-state index contributed by atoms with van der Waals surface area (Å²) in [6.07, 6.45) is 0.479. The van der Waals surface area contributed by atoms with Gasteiger partial charge in [0.15, 0.2) is 0 Å². The lowest BCUT2D eigenvalue weighted by atomic mass is 10.2. The van der Waals surface area contributed by atoms with Gasteiger partial charge in [-0.25, -0.2) is 9.59 Å². The van der Waals surface area contributed by atoms with Crippen LogP contribution in [0.3, 0.4) is 0 Å². The molecule has 0 bridgehead atoms. The number of carbonyl (C=O) groups is 2. The van der Waals surface area contributed by atoms with Crippen LogP contribution >= 0.6 is 0 Å². The number of carbonyl (C=O) groups excluding carboxylic acids is 2. The maximum absolute atomic E-state index is 11.3. The van der Waals surface area contributed by atoms with Gasteiger partial charge in [-0.05, 0) is 6.07 Å². The number of hydrogen-bond acceptors (Lipinski definition) is 7. The molecule has 124 valence electrons. The minimum absolute atomic E-state index is 0.0210. The predicted octanol–water partition coefficient (Wildman–Crippen LogP) is 0.987. The molecule has 1 aromatic rings. The second-order valence-electron chi connectivity index (χ2n) is 4.57. The number of ether oxygens (including phenoxy) is 3. The first kappa shape index (κ1) is 18.1. The van der Waals surface area contributed by atoms with E-state index in [-0.39, 0.29) is 24.6 Å². The molecule has 0 aliphatic rings. The predicted molar refractivity (Wildman–Crippen MR) is 84.0 cm³/mol. The van der Waals surface area contributed by atoms with E-state index in [0.29, 0.717) is 24.3 Å². The molecule has 7 heteroatoms. The molecular formula is C16H20N2O5. The minimum atomic E-state index is -0.672. The van der Waals surface area contributed by atoms with E-state index >= 15 is 0 Å². The molecule has 0 atom stereocenters. The molecule has 7 nitrogen and oxygen atoms in total. The summed E-state index contributed by atoms with van der Waals surface area (Å²) in [5.41, 5.74) is 10.8. The van der Waals surface area contributed by atoms with Crippen LogP contribution in [0.4, 0.5) is 0 Å². The maximum atomic E-state index is 11.3. The Labute approximate surface area is 134 Å². The van der Waals surface area contributed by atoms with Crippen molar-refractivity contribution in [1.29, 1.82) is 0 Å². The molecule has 0 saturated carbocycles. The molecule has 1 aromatic carbocycles. The smallest absolute Gasteiger partial charge is 0.353 e. The molecule has 0 aliphatic carbocycles. The molecular weight excluding hydrogens is 300 g/mol. The van der Waals surface area contributed by atoms with Crippen LogP contribution in [-0.4, -0.2) is 25.2 Å². The van der Waals surface area contributed by atoms with Crippen molar-refractivity contribution in [1.82, 2.24) is 0 Å². The van der Waals surface area contributed by atoms with Crippen molar-refractivity contribution >= 4 is 11.9 Å². The fraction of sp³-hybridized carbons (Fsp3) is 0.250. The quantitative estimate of drug-likeness (QED) is 0.396. The second kappa shape index (κ2) is 9.14. The van der Waals surface area contributed by atoms with E-state index in [4.69, 9.17) is 25.7 Å². The van der Waals surface area contributed by atoms with Crippen molar-refractivity contribution in [3.8, 4) is 5.75 Å². The Hall–Kier alpha value is -2.96. The zero-order valence-electron chi connectivity index (χ0n) is 12.7. The Balaban J connectivity index is 2.42. The number of benzene rings is 1. The fourth-order valence-electron chi connectivity index (χ4n) is 1.50. The highest BCUT2D eigenvalue weighted by Gasteiger charge is 2.08. The monoisotopic (exact) mass is 320 g/mol. The van der Waals surface area contributed by atoms with E-state index < -0.39 is 11.9 Å². The van der Waals surface area contributed by atoms with E-state index in [0.717, 1.165) is 0 Å². The Morgan fingerprint density at radius 1 is 0.957 bits per heavy atom. The first-order chi connectivity index (χ1) is 10.9. The van der Waals surface area contributed by atoms with Crippen LogP contribution in [0, 0.1) is 0 Å². The Morgan fingerprint density at radius 3 is 2.22 bits per heavy atom. The number of nitrogens with two attached hydrogens (primary N) is 2. The SMILES string of the molecule is C=C(N)C(=O)OCCCOc1ccccc1COC(=O)C(=C)N. The molecule has 23 heavy (non-hydrogen) atoms. The summed E-state index contributed by atoms with van der Waals surface area (Å²) in [4.78, 5) is 22.4. The highest BCUT2D eigenvalue weighted by atomic mass is 16.5. The molecule has 0 heterocycles. The summed E-state index contributed by atoms with van der Waals surface area (Å²) in [6.45, 7) is 7.08. The van der Waals surface area contributed by atoms with Gasteiger partial charge >= 0.3 is 11.9 Å². The molecule has 0 unspecified atom stereocenters. The van der Waals surface area contributed by atoms with Crippen molar-refractivity contribution < 1.29 is 23.8 Å². The topological polar surface area (TPSA) is 114 Å².